The summed E-state index contributed by atoms with van der Waals surface area (Å²) in [5, 5.41) is 13.0. The normalized spacial score (nSPS) is 20.5. The molecule has 0 saturated carbocycles. The lowest BCUT2D eigenvalue weighted by atomic mass is 10.0. The number of benzene rings is 2. The largest absolute Gasteiger partial charge is 0.459 e. The van der Waals surface area contributed by atoms with Crippen molar-refractivity contribution in [2.75, 3.05) is 11.9 Å². The van der Waals surface area contributed by atoms with Crippen LogP contribution in [0.3, 0.4) is 0 Å². The number of aliphatic hydroxyl groups excluding tert-OH is 1. The molecule has 0 saturated heterocycles. The molecule has 3 rings (SSSR count). The molecule has 1 unspecified atom stereocenters. The fourth-order valence-electron chi connectivity index (χ4n) is 2.29. The first-order valence-corrected chi connectivity index (χ1v) is 6.24. The highest BCUT2D eigenvalue weighted by atomic mass is 16.5. The number of fused-ring (bicyclic) bond motifs is 1. The van der Waals surface area contributed by atoms with Crippen LogP contribution in [0.5, 0.6) is 5.75 Å². The molecule has 0 spiro atoms. The van der Waals surface area contributed by atoms with Gasteiger partial charge in [0.05, 0.1) is 5.69 Å². The van der Waals surface area contributed by atoms with Crippen LogP contribution in [-0.4, -0.2) is 11.7 Å². The molecule has 1 aliphatic rings. The number of para-hydroxylation sites is 2. The standard InChI is InChI=1S/C15H16N2O2/c16-9-11-5-7-12(8-6-11)15(10-18)17-13-3-1-2-4-14(13)19-15/h1-8,17-18H,9-10,16H2. The van der Waals surface area contributed by atoms with Gasteiger partial charge in [-0.3, -0.25) is 0 Å². The molecule has 0 bridgehead atoms. The van der Waals surface area contributed by atoms with Crippen molar-refractivity contribution in [3.05, 3.63) is 59.7 Å². The maximum atomic E-state index is 9.76. The van der Waals surface area contributed by atoms with Crippen molar-refractivity contribution >= 4 is 5.69 Å². The van der Waals surface area contributed by atoms with E-state index in [0.29, 0.717) is 6.54 Å². The zero-order valence-corrected chi connectivity index (χ0v) is 10.5. The van der Waals surface area contributed by atoms with Crippen molar-refractivity contribution in [1.82, 2.24) is 0 Å². The van der Waals surface area contributed by atoms with Crippen LogP contribution < -0.4 is 15.8 Å². The van der Waals surface area contributed by atoms with Crippen LogP contribution in [-0.2, 0) is 12.3 Å². The van der Waals surface area contributed by atoms with E-state index in [1.807, 2.05) is 48.5 Å². The van der Waals surface area contributed by atoms with Gasteiger partial charge in [0.1, 0.15) is 12.4 Å². The Morgan fingerprint density at radius 3 is 2.47 bits per heavy atom. The monoisotopic (exact) mass is 256 g/mol. The molecule has 0 aromatic heterocycles. The SMILES string of the molecule is NCc1ccc(C2(CO)Nc3ccccc3O2)cc1. The van der Waals surface area contributed by atoms with Gasteiger partial charge >= 0.3 is 0 Å². The summed E-state index contributed by atoms with van der Waals surface area (Å²) < 4.78 is 5.91. The summed E-state index contributed by atoms with van der Waals surface area (Å²) in [6.07, 6.45) is 0. The Morgan fingerprint density at radius 2 is 1.84 bits per heavy atom. The van der Waals surface area contributed by atoms with Crippen LogP contribution in [0, 0.1) is 0 Å². The second-order valence-electron chi connectivity index (χ2n) is 4.61. The Hall–Kier alpha value is -2.04. The third-order valence-corrected chi connectivity index (χ3v) is 3.39. The molecule has 1 heterocycles. The van der Waals surface area contributed by atoms with E-state index < -0.39 is 5.72 Å². The third kappa shape index (κ3) is 1.95. The predicted molar refractivity (Wildman–Crippen MR) is 73.8 cm³/mol. The quantitative estimate of drug-likeness (QED) is 0.783. The van der Waals surface area contributed by atoms with Gasteiger partial charge in [0.25, 0.3) is 0 Å². The number of rotatable bonds is 3. The molecule has 0 fully saturated rings. The molecule has 4 N–H and O–H groups in total. The summed E-state index contributed by atoms with van der Waals surface area (Å²) >= 11 is 0. The van der Waals surface area contributed by atoms with Crippen molar-refractivity contribution < 1.29 is 9.84 Å². The van der Waals surface area contributed by atoms with Crippen molar-refractivity contribution in [2.24, 2.45) is 5.73 Å². The van der Waals surface area contributed by atoms with Crippen molar-refractivity contribution in [3.63, 3.8) is 0 Å². The topological polar surface area (TPSA) is 67.5 Å². The first-order chi connectivity index (χ1) is 9.27. The minimum atomic E-state index is -0.906. The van der Waals surface area contributed by atoms with E-state index in [-0.39, 0.29) is 6.61 Å². The van der Waals surface area contributed by atoms with Crippen LogP contribution in [0.1, 0.15) is 11.1 Å². The van der Waals surface area contributed by atoms with E-state index in [2.05, 4.69) is 5.32 Å². The van der Waals surface area contributed by atoms with Crippen LogP contribution in [0.2, 0.25) is 0 Å². The fourth-order valence-corrected chi connectivity index (χ4v) is 2.29. The minimum Gasteiger partial charge on any atom is -0.459 e. The van der Waals surface area contributed by atoms with Crippen LogP contribution in [0.4, 0.5) is 5.69 Å². The average Bonchev–Trinajstić information content (AvgIpc) is 2.87. The second kappa shape index (κ2) is 4.57. The molecule has 2 aromatic rings. The molecule has 0 amide bonds. The highest BCUT2D eigenvalue weighted by Gasteiger charge is 2.39. The smallest absolute Gasteiger partial charge is 0.230 e. The maximum absolute atomic E-state index is 9.76. The lowest BCUT2D eigenvalue weighted by molar-refractivity contribution is 0.0443. The van der Waals surface area contributed by atoms with E-state index in [1.54, 1.807) is 0 Å². The summed E-state index contributed by atoms with van der Waals surface area (Å²) in [4.78, 5) is 0. The van der Waals surface area contributed by atoms with Gasteiger partial charge < -0.3 is 20.9 Å². The zero-order chi connectivity index (χ0) is 13.3. The average molecular weight is 256 g/mol. The highest BCUT2D eigenvalue weighted by molar-refractivity contribution is 5.62. The van der Waals surface area contributed by atoms with E-state index in [9.17, 15) is 5.11 Å². The number of hydrogen-bond donors (Lipinski definition) is 3. The molecular weight excluding hydrogens is 240 g/mol. The van der Waals surface area contributed by atoms with Gasteiger partial charge in [-0.2, -0.15) is 0 Å². The molecular formula is C15H16N2O2. The number of nitrogens with one attached hydrogen (secondary N) is 1. The molecule has 4 nitrogen and oxygen atoms in total. The Bertz CT molecular complexity index is 556. The molecule has 4 heteroatoms. The summed E-state index contributed by atoms with van der Waals surface area (Å²) in [5.74, 6) is 0.749. The molecule has 1 aliphatic heterocycles. The van der Waals surface area contributed by atoms with Gasteiger partial charge in [-0.05, 0) is 17.7 Å². The molecule has 19 heavy (non-hydrogen) atoms. The van der Waals surface area contributed by atoms with Gasteiger partial charge in [0.15, 0.2) is 0 Å². The van der Waals surface area contributed by atoms with Gasteiger partial charge in [-0.25, -0.2) is 0 Å². The summed E-state index contributed by atoms with van der Waals surface area (Å²) in [5.41, 5.74) is 7.50. The molecule has 0 aliphatic carbocycles. The fraction of sp³-hybridized carbons (Fsp3) is 0.200. The Balaban J connectivity index is 1.97. The van der Waals surface area contributed by atoms with Gasteiger partial charge in [-0.1, -0.05) is 36.4 Å². The second-order valence-corrected chi connectivity index (χ2v) is 4.61. The van der Waals surface area contributed by atoms with Gasteiger partial charge in [-0.15, -0.1) is 0 Å². The number of ether oxygens (including phenoxy) is 1. The van der Waals surface area contributed by atoms with Gasteiger partial charge in [0.2, 0.25) is 5.72 Å². The first-order valence-electron chi connectivity index (χ1n) is 6.24. The minimum absolute atomic E-state index is 0.149. The van der Waals surface area contributed by atoms with Crippen molar-refractivity contribution in [1.29, 1.82) is 0 Å². The molecule has 98 valence electrons. The van der Waals surface area contributed by atoms with E-state index in [4.69, 9.17) is 10.5 Å². The summed E-state index contributed by atoms with van der Waals surface area (Å²) in [6.45, 7) is 0.352. The van der Waals surface area contributed by atoms with Crippen molar-refractivity contribution in [2.45, 2.75) is 12.3 Å². The maximum Gasteiger partial charge on any atom is 0.230 e. The third-order valence-electron chi connectivity index (χ3n) is 3.39. The number of aliphatic hydroxyl groups is 1. The lowest BCUT2D eigenvalue weighted by Crippen LogP contribution is -2.41. The van der Waals surface area contributed by atoms with Gasteiger partial charge in [0, 0.05) is 12.1 Å². The van der Waals surface area contributed by atoms with E-state index in [1.165, 1.54) is 0 Å². The lowest BCUT2D eigenvalue weighted by Gasteiger charge is -2.27. The molecule has 2 aromatic carbocycles. The first kappa shape index (κ1) is 12.0. The number of hydrogen-bond acceptors (Lipinski definition) is 4. The van der Waals surface area contributed by atoms with Crippen molar-refractivity contribution in [3.8, 4) is 5.75 Å². The number of anilines is 1. The van der Waals surface area contributed by atoms with Crippen LogP contribution in [0.15, 0.2) is 48.5 Å². The number of nitrogens with two attached hydrogens (primary N) is 1. The Labute approximate surface area is 111 Å². The zero-order valence-electron chi connectivity index (χ0n) is 10.5. The van der Waals surface area contributed by atoms with Crippen LogP contribution in [0.25, 0.3) is 0 Å². The Morgan fingerprint density at radius 1 is 1.11 bits per heavy atom. The molecule has 1 atom stereocenters. The Kier molecular flexibility index (Phi) is 2.89. The van der Waals surface area contributed by atoms with E-state index >= 15 is 0 Å². The van der Waals surface area contributed by atoms with Crippen LogP contribution >= 0.6 is 0 Å². The summed E-state index contributed by atoms with van der Waals surface area (Å²) in [7, 11) is 0. The van der Waals surface area contributed by atoms with E-state index in [0.717, 1.165) is 22.6 Å². The highest BCUT2D eigenvalue weighted by Crippen LogP contribution is 2.41. The summed E-state index contributed by atoms with van der Waals surface area (Å²) in [6, 6.07) is 15.4. The molecule has 0 radical (unpaired) electrons. The predicted octanol–water partition coefficient (Wildman–Crippen LogP) is 1.79.